The number of alkyl halides is 3. The molecular weight excluding hydrogens is 216 g/mol. The summed E-state index contributed by atoms with van der Waals surface area (Å²) in [5.74, 6) is -1.80. The highest BCUT2D eigenvalue weighted by atomic mass is 19.3. The number of halogens is 3. The number of hydrogen-bond donors (Lipinski definition) is 0. The predicted octanol–water partition coefficient (Wildman–Crippen LogP) is 3.58. The zero-order valence-corrected chi connectivity index (χ0v) is 8.08. The molecule has 0 heterocycles. The zero-order valence-electron chi connectivity index (χ0n) is 8.08. The number of carbonyl (C=O) groups excluding carboxylic acids is 1. The summed E-state index contributed by atoms with van der Waals surface area (Å²) in [6.07, 6.45) is -4.83. The molecule has 2 aromatic rings. The number of ketones is 1. The second-order valence-corrected chi connectivity index (χ2v) is 3.35. The standard InChI is InChI=1S/C12H7F3O/c13-12(14,15)11(16)10-7-3-5-8-4-1-2-6-9(8)10/h1-7H/i13-1. The molecule has 82 valence electrons. The number of rotatable bonds is 1. The average Bonchev–Trinajstić information content (AvgIpc) is 2.26. The molecule has 0 aliphatic carbocycles. The van der Waals surface area contributed by atoms with Crippen LogP contribution in [-0.2, 0) is 0 Å². The van der Waals surface area contributed by atoms with Crippen molar-refractivity contribution in [2.75, 3.05) is 0 Å². The van der Waals surface area contributed by atoms with Crippen molar-refractivity contribution in [1.29, 1.82) is 0 Å². The number of fused-ring (bicyclic) bond motifs is 1. The lowest BCUT2D eigenvalue weighted by molar-refractivity contribution is -0.0884. The van der Waals surface area contributed by atoms with Crippen LogP contribution in [0.5, 0.6) is 0 Å². The van der Waals surface area contributed by atoms with E-state index in [-0.39, 0.29) is 5.56 Å². The minimum atomic E-state index is -4.83. The molecule has 0 aromatic heterocycles. The number of benzene rings is 2. The van der Waals surface area contributed by atoms with E-state index in [0.29, 0.717) is 10.8 Å². The van der Waals surface area contributed by atoms with Gasteiger partial charge in [-0.3, -0.25) is 4.79 Å². The van der Waals surface area contributed by atoms with E-state index in [1.807, 2.05) is 0 Å². The monoisotopic (exact) mass is 223 g/mol. The van der Waals surface area contributed by atoms with E-state index in [0.717, 1.165) is 0 Å². The van der Waals surface area contributed by atoms with E-state index >= 15 is 0 Å². The van der Waals surface area contributed by atoms with Crippen LogP contribution in [-0.4, -0.2) is 12.0 Å². The summed E-state index contributed by atoms with van der Waals surface area (Å²) in [7, 11) is 0. The van der Waals surface area contributed by atoms with Crippen molar-refractivity contribution in [3.8, 4) is 0 Å². The van der Waals surface area contributed by atoms with Gasteiger partial charge in [-0.1, -0.05) is 42.5 Å². The van der Waals surface area contributed by atoms with Crippen LogP contribution in [0.4, 0.5) is 13.2 Å². The Kier molecular flexibility index (Phi) is 2.42. The highest BCUT2D eigenvalue weighted by Crippen LogP contribution is 2.26. The molecule has 0 N–H and O–H groups in total. The van der Waals surface area contributed by atoms with Crippen LogP contribution in [0, 0.1) is 0 Å². The molecule has 0 spiro atoms. The van der Waals surface area contributed by atoms with Crippen molar-refractivity contribution >= 4 is 16.6 Å². The first-order valence-corrected chi connectivity index (χ1v) is 4.59. The van der Waals surface area contributed by atoms with E-state index in [4.69, 9.17) is 0 Å². The van der Waals surface area contributed by atoms with Gasteiger partial charge in [0.25, 0.3) is 5.78 Å². The fraction of sp³-hybridized carbons (Fsp3) is 0.0833. The Balaban J connectivity index is 2.66. The maximum absolute atomic E-state index is 12.3. The number of Topliss-reactive ketones (excluding diaryl/α,β-unsaturated/α-hetero) is 1. The molecule has 0 unspecified atom stereocenters. The van der Waals surface area contributed by atoms with Gasteiger partial charge in [-0.05, 0) is 10.8 Å². The predicted molar refractivity (Wildman–Crippen MR) is 54.3 cm³/mol. The second kappa shape index (κ2) is 3.63. The lowest BCUT2D eigenvalue weighted by Crippen LogP contribution is -2.22. The van der Waals surface area contributed by atoms with Crippen LogP contribution in [0.2, 0.25) is 0 Å². The van der Waals surface area contributed by atoms with Crippen LogP contribution < -0.4 is 0 Å². The van der Waals surface area contributed by atoms with Gasteiger partial charge in [0.15, 0.2) is 0 Å². The maximum Gasteiger partial charge on any atom is 0.454 e. The molecule has 2 aromatic carbocycles. The molecule has 16 heavy (non-hydrogen) atoms. The van der Waals surface area contributed by atoms with E-state index in [9.17, 15) is 18.0 Å². The first-order chi connectivity index (χ1) is 7.50. The fourth-order valence-electron chi connectivity index (χ4n) is 1.58. The Hall–Kier alpha value is -1.84. The van der Waals surface area contributed by atoms with Crippen molar-refractivity contribution in [2.45, 2.75) is 6.18 Å². The third-order valence-corrected chi connectivity index (χ3v) is 2.29. The fourth-order valence-corrected chi connectivity index (χ4v) is 1.58. The van der Waals surface area contributed by atoms with E-state index < -0.39 is 12.0 Å². The third kappa shape index (κ3) is 1.78. The van der Waals surface area contributed by atoms with Gasteiger partial charge >= 0.3 is 6.18 Å². The molecule has 0 saturated heterocycles. The van der Waals surface area contributed by atoms with Gasteiger partial charge in [0.1, 0.15) is 0 Å². The van der Waals surface area contributed by atoms with Gasteiger partial charge in [-0.15, -0.1) is 0 Å². The van der Waals surface area contributed by atoms with E-state index in [1.165, 1.54) is 18.2 Å². The summed E-state index contributed by atoms with van der Waals surface area (Å²) in [5.41, 5.74) is -0.300. The van der Waals surface area contributed by atoms with Crippen LogP contribution in [0.3, 0.4) is 0 Å². The van der Waals surface area contributed by atoms with Crippen molar-refractivity contribution in [3.05, 3.63) is 48.0 Å². The Morgan fingerprint density at radius 2 is 1.56 bits per heavy atom. The number of carbonyl (C=O) groups is 1. The summed E-state index contributed by atoms with van der Waals surface area (Å²) < 4.78 is 36.9. The topological polar surface area (TPSA) is 17.1 Å². The van der Waals surface area contributed by atoms with Crippen LogP contribution >= 0.6 is 0 Å². The molecule has 0 aliphatic rings. The Bertz CT molecular complexity index is 538. The first-order valence-electron chi connectivity index (χ1n) is 4.59. The highest BCUT2D eigenvalue weighted by Gasteiger charge is 2.39. The summed E-state index contributed by atoms with van der Waals surface area (Å²) in [4.78, 5) is 11.2. The molecule has 2 rings (SSSR count). The molecule has 1 nitrogen and oxygen atoms in total. The van der Waals surface area contributed by atoms with Gasteiger partial charge in [-0.2, -0.15) is 13.2 Å². The molecule has 0 amide bonds. The Morgan fingerprint density at radius 1 is 0.938 bits per heavy atom. The molecule has 0 atom stereocenters. The molecule has 0 radical (unpaired) electrons. The van der Waals surface area contributed by atoms with E-state index in [1.54, 1.807) is 24.3 Å². The molecule has 0 bridgehead atoms. The van der Waals surface area contributed by atoms with Crippen molar-refractivity contribution in [3.63, 3.8) is 0 Å². The van der Waals surface area contributed by atoms with Crippen LogP contribution in [0.15, 0.2) is 42.5 Å². The normalized spacial score (nSPS) is 11.7. The zero-order chi connectivity index (χ0) is 11.8. The molecule has 4 heteroatoms. The van der Waals surface area contributed by atoms with Gasteiger partial charge < -0.3 is 0 Å². The summed E-state index contributed by atoms with van der Waals surface area (Å²) in [6, 6.07) is 10.8. The Labute approximate surface area is 89.5 Å². The van der Waals surface area contributed by atoms with Crippen LogP contribution in [0.1, 0.15) is 10.4 Å². The van der Waals surface area contributed by atoms with Gasteiger partial charge in [-0.25, -0.2) is 0 Å². The van der Waals surface area contributed by atoms with Crippen molar-refractivity contribution in [1.82, 2.24) is 0 Å². The van der Waals surface area contributed by atoms with Gasteiger partial charge in [0, 0.05) is 5.56 Å². The van der Waals surface area contributed by atoms with E-state index in [2.05, 4.69) is 0 Å². The third-order valence-electron chi connectivity index (χ3n) is 2.29. The van der Waals surface area contributed by atoms with Crippen molar-refractivity contribution in [2.24, 2.45) is 0 Å². The average molecular weight is 223 g/mol. The lowest BCUT2D eigenvalue weighted by atomic mass is 10.0. The summed E-state index contributed by atoms with van der Waals surface area (Å²) >= 11 is 0. The Morgan fingerprint density at radius 3 is 2.25 bits per heavy atom. The largest absolute Gasteiger partial charge is 0.454 e. The number of hydrogen-bond acceptors (Lipinski definition) is 1. The minimum absolute atomic E-state index is 0.300. The smallest absolute Gasteiger partial charge is 0.284 e. The van der Waals surface area contributed by atoms with Gasteiger partial charge in [0.05, 0.1) is 0 Å². The highest BCUT2D eigenvalue weighted by molar-refractivity contribution is 6.10. The molecule has 0 saturated carbocycles. The van der Waals surface area contributed by atoms with Gasteiger partial charge in [0.2, 0.25) is 0 Å². The van der Waals surface area contributed by atoms with Crippen molar-refractivity contribution < 1.29 is 18.0 Å². The summed E-state index contributed by atoms with van der Waals surface area (Å²) in [6.45, 7) is 0. The lowest BCUT2D eigenvalue weighted by Gasteiger charge is -2.07. The maximum atomic E-state index is 12.3. The molecular formula is C12H7F3O. The molecule has 0 fully saturated rings. The molecule has 0 aliphatic heterocycles. The SMILES string of the molecule is O=C(c1cccc2ccccc12)C(F)(F)[18F]. The minimum Gasteiger partial charge on any atom is -0.284 e. The summed E-state index contributed by atoms with van der Waals surface area (Å²) in [5, 5.41) is 0.949. The quantitative estimate of drug-likeness (QED) is 0.675. The van der Waals surface area contributed by atoms with Crippen LogP contribution in [0.25, 0.3) is 10.8 Å². The first kappa shape index (κ1) is 10.7. The second-order valence-electron chi connectivity index (χ2n) is 3.35.